The molecular formula is C45H48N2O13S. The molecule has 0 unspecified atom stereocenters. The van der Waals surface area contributed by atoms with Gasteiger partial charge in [0, 0.05) is 41.9 Å². The zero-order chi connectivity index (χ0) is 45.2. The van der Waals surface area contributed by atoms with Gasteiger partial charge in [0.25, 0.3) is 0 Å². The smallest absolute Gasteiger partial charge is 0.417 e. The number of hydrogen-bond acceptors (Lipinski definition) is 13. The molecule has 61 heavy (non-hydrogen) atoms. The normalized spacial score (nSPS) is 10.9. The van der Waals surface area contributed by atoms with Crippen molar-refractivity contribution in [2.45, 2.75) is 55.2 Å². The highest BCUT2D eigenvalue weighted by Crippen LogP contribution is 2.31. The van der Waals surface area contributed by atoms with Gasteiger partial charge in [0.2, 0.25) is 15.7 Å². The van der Waals surface area contributed by atoms with E-state index in [-0.39, 0.29) is 71.3 Å². The van der Waals surface area contributed by atoms with Gasteiger partial charge in [-0.3, -0.25) is 19.7 Å². The molecule has 0 atom stereocenters. The van der Waals surface area contributed by atoms with E-state index in [1.807, 2.05) is 0 Å². The topological polar surface area (TPSA) is 218 Å². The fourth-order valence-electron chi connectivity index (χ4n) is 5.53. The number of carbonyl (C=O) groups is 6. The highest BCUT2D eigenvalue weighted by atomic mass is 32.2. The Morgan fingerprint density at radius 1 is 0.705 bits per heavy atom. The molecule has 3 N–H and O–H groups in total. The molecule has 0 aliphatic rings. The Kier molecular flexibility index (Phi) is 18.1. The molecule has 0 saturated carbocycles. The first kappa shape index (κ1) is 48.3. The largest absolute Gasteiger partial charge is 0.508 e. The predicted octanol–water partition coefficient (Wildman–Crippen LogP) is 6.84. The van der Waals surface area contributed by atoms with Crippen LogP contribution in [0.15, 0.2) is 128 Å². The van der Waals surface area contributed by atoms with Crippen molar-refractivity contribution in [1.82, 2.24) is 0 Å². The second-order valence-corrected chi connectivity index (χ2v) is 15.5. The zero-order valence-electron chi connectivity index (χ0n) is 33.7. The average molecular weight is 857 g/mol. The van der Waals surface area contributed by atoms with Gasteiger partial charge in [0.05, 0.1) is 21.6 Å². The Morgan fingerprint density at radius 3 is 1.90 bits per heavy atom. The summed E-state index contributed by atoms with van der Waals surface area (Å²) in [6, 6.07) is 12.6. The Labute approximate surface area is 354 Å². The van der Waals surface area contributed by atoms with E-state index in [9.17, 15) is 42.3 Å². The third kappa shape index (κ3) is 14.6. The second kappa shape index (κ2) is 22.9. The standard InChI is InChI=1S/C45H48N2O13S/c1-7-12-31-24-35(16-18-38(31)49)61(55,56)36-17-19-39(32(25-36)13-8-2)60-44(54)46-33-15-14-30(6)37(26-33)47-40(50)20-21-43(53)59-29-45(23-22-34(48)9-3,27-57-41(51)10-4)28-58-42(52)11-5/h7-11,14-19,24-26,49H,1-5,12-13,20-23,27-29H2,6H3,(H,46,54)(H,47,50). The van der Waals surface area contributed by atoms with Gasteiger partial charge in [-0.1, -0.05) is 38.0 Å². The molecule has 0 saturated heterocycles. The number of aromatic hydroxyl groups is 1. The van der Waals surface area contributed by atoms with Crippen molar-refractivity contribution in [2.75, 3.05) is 30.5 Å². The minimum Gasteiger partial charge on any atom is -0.508 e. The van der Waals surface area contributed by atoms with Crippen LogP contribution >= 0.6 is 0 Å². The molecule has 0 radical (unpaired) electrons. The molecule has 3 rings (SSSR count). The molecular weight excluding hydrogens is 809 g/mol. The third-order valence-corrected chi connectivity index (χ3v) is 10.7. The molecule has 0 aromatic heterocycles. The number of phenols is 1. The Morgan fingerprint density at radius 2 is 1.30 bits per heavy atom. The highest BCUT2D eigenvalue weighted by Gasteiger charge is 2.36. The minimum atomic E-state index is -4.03. The van der Waals surface area contributed by atoms with Crippen LogP contribution in [0.5, 0.6) is 11.5 Å². The van der Waals surface area contributed by atoms with Crippen LogP contribution in [-0.4, -0.2) is 69.0 Å². The summed E-state index contributed by atoms with van der Waals surface area (Å²) in [6.45, 7) is 17.9. The first-order valence-corrected chi connectivity index (χ1v) is 20.2. The summed E-state index contributed by atoms with van der Waals surface area (Å²) in [5, 5.41) is 15.4. The van der Waals surface area contributed by atoms with Crippen molar-refractivity contribution in [3.8, 4) is 11.5 Å². The molecule has 0 aliphatic carbocycles. The van der Waals surface area contributed by atoms with Crippen molar-refractivity contribution in [3.63, 3.8) is 0 Å². The van der Waals surface area contributed by atoms with Crippen LogP contribution < -0.4 is 15.4 Å². The summed E-state index contributed by atoms with van der Waals surface area (Å²) in [7, 11) is -4.03. The number of allylic oxidation sites excluding steroid dienone is 3. The lowest BCUT2D eigenvalue weighted by Crippen LogP contribution is -2.40. The van der Waals surface area contributed by atoms with Crippen LogP contribution in [0.3, 0.4) is 0 Å². The van der Waals surface area contributed by atoms with E-state index >= 15 is 0 Å². The summed E-state index contributed by atoms with van der Waals surface area (Å²) >= 11 is 0. The Bertz CT molecular complexity index is 2250. The maximum absolute atomic E-state index is 13.5. The summed E-state index contributed by atoms with van der Waals surface area (Å²) in [4.78, 5) is 74.5. The first-order chi connectivity index (χ1) is 29.0. The van der Waals surface area contributed by atoms with E-state index in [1.165, 1.54) is 48.5 Å². The van der Waals surface area contributed by atoms with Gasteiger partial charge in [0.15, 0.2) is 5.78 Å². The number of ketones is 1. The van der Waals surface area contributed by atoms with Crippen molar-refractivity contribution in [3.05, 3.63) is 135 Å². The van der Waals surface area contributed by atoms with Gasteiger partial charge in [0.1, 0.15) is 31.3 Å². The van der Waals surface area contributed by atoms with Gasteiger partial charge in [-0.15, -0.1) is 13.2 Å². The van der Waals surface area contributed by atoms with Gasteiger partial charge in [-0.2, -0.15) is 0 Å². The molecule has 16 heteroatoms. The highest BCUT2D eigenvalue weighted by molar-refractivity contribution is 7.91. The molecule has 0 spiro atoms. The average Bonchev–Trinajstić information content (AvgIpc) is 3.24. The molecule has 0 fully saturated rings. The second-order valence-electron chi connectivity index (χ2n) is 13.6. The lowest BCUT2D eigenvalue weighted by atomic mass is 9.84. The number of anilines is 2. The van der Waals surface area contributed by atoms with Gasteiger partial charge in [-0.25, -0.2) is 22.8 Å². The number of ether oxygens (including phenoxy) is 4. The van der Waals surface area contributed by atoms with Crippen molar-refractivity contribution < 1.29 is 61.2 Å². The predicted molar refractivity (Wildman–Crippen MR) is 227 cm³/mol. The van der Waals surface area contributed by atoms with Crippen LogP contribution in [-0.2, 0) is 60.9 Å². The van der Waals surface area contributed by atoms with Crippen LogP contribution in [0.25, 0.3) is 0 Å². The maximum atomic E-state index is 13.5. The fraction of sp³-hybridized carbons (Fsp3) is 0.244. The van der Waals surface area contributed by atoms with Crippen LogP contribution in [0.4, 0.5) is 16.2 Å². The Hall–Kier alpha value is -7.07. The minimum absolute atomic E-state index is 0.0239. The number of rotatable bonds is 24. The van der Waals surface area contributed by atoms with Gasteiger partial charge < -0.3 is 29.4 Å². The number of hydrogen-bond donors (Lipinski definition) is 3. The van der Waals surface area contributed by atoms with E-state index in [1.54, 1.807) is 25.1 Å². The zero-order valence-corrected chi connectivity index (χ0v) is 34.6. The number of phenolic OH excluding ortho intramolecular Hbond substituents is 1. The van der Waals surface area contributed by atoms with E-state index in [0.29, 0.717) is 22.4 Å². The van der Waals surface area contributed by atoms with Crippen LogP contribution in [0.2, 0.25) is 0 Å². The molecule has 0 heterocycles. The van der Waals surface area contributed by atoms with Crippen molar-refractivity contribution in [1.29, 1.82) is 0 Å². The number of nitrogens with one attached hydrogen (secondary N) is 2. The van der Waals surface area contributed by atoms with E-state index in [0.717, 1.165) is 18.2 Å². The number of aryl methyl sites for hydroxylation is 1. The van der Waals surface area contributed by atoms with E-state index in [4.69, 9.17) is 18.9 Å². The van der Waals surface area contributed by atoms with E-state index in [2.05, 4.69) is 43.5 Å². The lowest BCUT2D eigenvalue weighted by molar-refractivity contribution is -0.159. The summed E-state index contributed by atoms with van der Waals surface area (Å²) in [5.41, 5.74) is 0.574. The van der Waals surface area contributed by atoms with Gasteiger partial charge in [-0.05, 0) is 91.9 Å². The fourth-order valence-corrected chi connectivity index (χ4v) is 6.89. The number of esters is 3. The molecule has 3 aromatic rings. The number of sulfone groups is 1. The summed E-state index contributed by atoms with van der Waals surface area (Å²) in [6.07, 6.45) is 4.67. The monoisotopic (exact) mass is 856 g/mol. The number of amides is 2. The third-order valence-electron chi connectivity index (χ3n) is 8.99. The maximum Gasteiger partial charge on any atom is 0.417 e. The molecule has 15 nitrogen and oxygen atoms in total. The van der Waals surface area contributed by atoms with Crippen molar-refractivity contribution in [2.24, 2.45) is 5.41 Å². The first-order valence-electron chi connectivity index (χ1n) is 18.7. The lowest BCUT2D eigenvalue weighted by Gasteiger charge is -2.31. The summed E-state index contributed by atoms with van der Waals surface area (Å²) < 4.78 is 48.4. The van der Waals surface area contributed by atoms with Crippen molar-refractivity contribution >= 4 is 56.9 Å². The van der Waals surface area contributed by atoms with E-state index < -0.39 is 65.0 Å². The number of benzene rings is 3. The molecule has 3 aromatic carbocycles. The van der Waals surface area contributed by atoms with Crippen LogP contribution in [0.1, 0.15) is 42.4 Å². The Balaban J connectivity index is 1.67. The molecule has 322 valence electrons. The SMILES string of the molecule is C=CCc1cc(S(=O)(=O)c2ccc(OC(=O)Nc3ccc(C)c(NC(=O)CCC(=O)OCC(CCC(=O)C=C)(COC(=O)C=C)COC(=O)C=C)c3)c(CC=C)c2)ccc1O. The van der Waals surface area contributed by atoms with Crippen LogP contribution in [0, 0.1) is 12.3 Å². The molecule has 2 amide bonds. The number of carbonyl (C=O) groups excluding carboxylic acids is 6. The molecule has 0 bridgehead atoms. The quantitative estimate of drug-likeness (QED) is 0.0364. The molecule has 0 aliphatic heterocycles. The van der Waals surface area contributed by atoms with Gasteiger partial charge >= 0.3 is 24.0 Å². The summed E-state index contributed by atoms with van der Waals surface area (Å²) in [5.74, 6) is -3.33.